The Morgan fingerprint density at radius 3 is 2.85 bits per heavy atom. The van der Waals surface area contributed by atoms with Gasteiger partial charge in [0.15, 0.2) is 0 Å². The van der Waals surface area contributed by atoms with Crippen LogP contribution >= 0.6 is 11.3 Å². The lowest BCUT2D eigenvalue weighted by Crippen LogP contribution is -2.46. The number of piperidine rings is 1. The lowest BCUT2D eigenvalue weighted by atomic mass is 9.98. The van der Waals surface area contributed by atoms with Gasteiger partial charge in [-0.15, -0.1) is 0 Å². The van der Waals surface area contributed by atoms with Crippen LogP contribution in [0.4, 0.5) is 0 Å². The zero-order valence-electron chi connectivity index (χ0n) is 11.2. The van der Waals surface area contributed by atoms with Crippen molar-refractivity contribution in [1.29, 1.82) is 0 Å². The van der Waals surface area contributed by atoms with Gasteiger partial charge < -0.3 is 10.3 Å². The molecule has 106 valence electrons. The van der Waals surface area contributed by atoms with E-state index in [9.17, 15) is 0 Å². The largest absolute Gasteiger partial charge is 0.338 e. The second-order valence-corrected chi connectivity index (χ2v) is 6.59. The molecule has 0 aliphatic carbocycles. The molecule has 2 unspecified atom stereocenters. The molecule has 2 N–H and O–H groups in total. The average molecular weight is 290 g/mol. The number of hydrogen-bond acceptors (Lipinski definition) is 6. The van der Waals surface area contributed by atoms with Crippen LogP contribution in [0, 0.1) is 0 Å². The van der Waals surface area contributed by atoms with Gasteiger partial charge in [0.05, 0.1) is 6.54 Å². The third-order valence-electron chi connectivity index (χ3n) is 4.49. The van der Waals surface area contributed by atoms with E-state index in [1.165, 1.54) is 12.8 Å². The SMILES string of the molecule is NC1CC2CCC(C1)N2Cc1nc(-c2ccsc2)no1. The first-order chi connectivity index (χ1) is 9.79. The van der Waals surface area contributed by atoms with Crippen LogP contribution in [0.1, 0.15) is 31.6 Å². The molecule has 0 amide bonds. The van der Waals surface area contributed by atoms with E-state index in [4.69, 9.17) is 10.3 Å². The maximum Gasteiger partial charge on any atom is 0.241 e. The van der Waals surface area contributed by atoms with Gasteiger partial charge in [-0.1, -0.05) is 5.16 Å². The number of rotatable bonds is 3. The molecule has 0 saturated carbocycles. The molecule has 0 spiro atoms. The molecule has 4 rings (SSSR count). The summed E-state index contributed by atoms with van der Waals surface area (Å²) in [6.45, 7) is 0.763. The second-order valence-electron chi connectivity index (χ2n) is 5.81. The van der Waals surface area contributed by atoms with Gasteiger partial charge in [0.2, 0.25) is 11.7 Å². The fourth-order valence-corrected chi connectivity index (χ4v) is 4.19. The smallest absolute Gasteiger partial charge is 0.241 e. The van der Waals surface area contributed by atoms with Crippen molar-refractivity contribution >= 4 is 11.3 Å². The minimum Gasteiger partial charge on any atom is -0.338 e. The van der Waals surface area contributed by atoms with Crippen molar-refractivity contribution in [3.63, 3.8) is 0 Å². The van der Waals surface area contributed by atoms with Crippen LogP contribution in [-0.2, 0) is 6.54 Å². The predicted octanol–water partition coefficient (Wildman–Crippen LogP) is 2.25. The monoisotopic (exact) mass is 290 g/mol. The van der Waals surface area contributed by atoms with Crippen molar-refractivity contribution in [2.24, 2.45) is 5.73 Å². The first kappa shape index (κ1) is 12.5. The van der Waals surface area contributed by atoms with Crippen molar-refractivity contribution in [2.45, 2.75) is 50.4 Å². The maximum absolute atomic E-state index is 6.10. The summed E-state index contributed by atoms with van der Waals surface area (Å²) >= 11 is 1.64. The highest BCUT2D eigenvalue weighted by atomic mass is 32.1. The van der Waals surface area contributed by atoms with Gasteiger partial charge >= 0.3 is 0 Å². The molecular formula is C14H18N4OS. The molecule has 5 nitrogen and oxygen atoms in total. The van der Waals surface area contributed by atoms with Crippen molar-refractivity contribution < 1.29 is 4.52 Å². The van der Waals surface area contributed by atoms with Crippen molar-refractivity contribution in [2.75, 3.05) is 0 Å². The third kappa shape index (κ3) is 2.17. The van der Waals surface area contributed by atoms with Crippen LogP contribution in [-0.4, -0.2) is 33.2 Å². The minimum absolute atomic E-state index is 0.368. The first-order valence-corrected chi connectivity index (χ1v) is 8.10. The maximum atomic E-state index is 6.10. The van der Waals surface area contributed by atoms with Crippen LogP contribution in [0.25, 0.3) is 11.4 Å². The molecule has 2 aromatic rings. The quantitative estimate of drug-likeness (QED) is 0.939. The molecule has 2 atom stereocenters. The molecule has 2 bridgehead atoms. The molecule has 4 heterocycles. The Kier molecular flexibility index (Phi) is 3.09. The van der Waals surface area contributed by atoms with Gasteiger partial charge in [0.25, 0.3) is 0 Å². The van der Waals surface area contributed by atoms with Crippen LogP contribution in [0.15, 0.2) is 21.3 Å². The van der Waals surface area contributed by atoms with Gasteiger partial charge in [-0.25, -0.2) is 0 Å². The molecule has 20 heavy (non-hydrogen) atoms. The Morgan fingerprint density at radius 1 is 1.35 bits per heavy atom. The topological polar surface area (TPSA) is 68.2 Å². The Bertz CT molecular complexity index is 568. The summed E-state index contributed by atoms with van der Waals surface area (Å²) in [6.07, 6.45) is 4.71. The molecule has 2 aliphatic rings. The number of aromatic nitrogens is 2. The van der Waals surface area contributed by atoms with E-state index in [1.807, 2.05) is 16.8 Å². The number of nitrogens with two attached hydrogens (primary N) is 1. The van der Waals surface area contributed by atoms with Crippen LogP contribution in [0.5, 0.6) is 0 Å². The van der Waals surface area contributed by atoms with E-state index < -0.39 is 0 Å². The van der Waals surface area contributed by atoms with Gasteiger partial charge in [0, 0.05) is 29.1 Å². The van der Waals surface area contributed by atoms with Gasteiger partial charge in [-0.2, -0.15) is 16.3 Å². The Balaban J connectivity index is 1.50. The van der Waals surface area contributed by atoms with Gasteiger partial charge in [-0.3, -0.25) is 4.90 Å². The average Bonchev–Trinajstić information content (AvgIpc) is 3.12. The summed E-state index contributed by atoms with van der Waals surface area (Å²) in [5.41, 5.74) is 7.14. The highest BCUT2D eigenvalue weighted by Gasteiger charge is 2.40. The van der Waals surface area contributed by atoms with Crippen molar-refractivity contribution in [3.05, 3.63) is 22.7 Å². The fourth-order valence-electron chi connectivity index (χ4n) is 3.56. The van der Waals surface area contributed by atoms with Crippen LogP contribution in [0.2, 0.25) is 0 Å². The summed E-state index contributed by atoms with van der Waals surface area (Å²) in [5, 5.41) is 8.14. The zero-order valence-corrected chi connectivity index (χ0v) is 12.1. The molecule has 2 aliphatic heterocycles. The third-order valence-corrected chi connectivity index (χ3v) is 5.17. The predicted molar refractivity (Wildman–Crippen MR) is 77.2 cm³/mol. The van der Waals surface area contributed by atoms with Gasteiger partial charge in [0.1, 0.15) is 0 Å². The van der Waals surface area contributed by atoms with E-state index in [2.05, 4.69) is 15.0 Å². The summed E-state index contributed by atoms with van der Waals surface area (Å²) < 4.78 is 5.41. The van der Waals surface area contributed by atoms with E-state index >= 15 is 0 Å². The molecule has 0 aromatic carbocycles. The molecule has 0 radical (unpaired) electrons. The van der Waals surface area contributed by atoms with Crippen molar-refractivity contribution in [3.8, 4) is 11.4 Å². The lowest BCUT2D eigenvalue weighted by molar-refractivity contribution is 0.105. The Morgan fingerprint density at radius 2 is 2.15 bits per heavy atom. The number of hydrogen-bond donors (Lipinski definition) is 1. The zero-order chi connectivity index (χ0) is 13.5. The fraction of sp³-hybridized carbons (Fsp3) is 0.571. The molecular weight excluding hydrogens is 272 g/mol. The van der Waals surface area contributed by atoms with Crippen LogP contribution in [0.3, 0.4) is 0 Å². The molecule has 6 heteroatoms. The summed E-state index contributed by atoms with van der Waals surface area (Å²) in [6, 6.07) is 3.58. The standard InChI is InChI=1S/C14H18N4OS/c15-10-5-11-1-2-12(6-10)18(11)7-13-16-14(17-19-13)9-3-4-20-8-9/h3-4,8,10-12H,1-2,5-7,15H2. The van der Waals surface area contributed by atoms with Crippen molar-refractivity contribution in [1.82, 2.24) is 15.0 Å². The molecule has 2 fully saturated rings. The van der Waals surface area contributed by atoms with Crippen LogP contribution < -0.4 is 5.73 Å². The first-order valence-electron chi connectivity index (χ1n) is 7.16. The van der Waals surface area contributed by atoms with E-state index in [-0.39, 0.29) is 0 Å². The highest BCUT2D eigenvalue weighted by molar-refractivity contribution is 7.08. The number of thiophene rings is 1. The summed E-state index contributed by atoms with van der Waals surface area (Å²) in [4.78, 5) is 7.03. The number of fused-ring (bicyclic) bond motifs is 2. The Labute approximate surface area is 121 Å². The second kappa shape index (κ2) is 4.95. The highest BCUT2D eigenvalue weighted by Crippen LogP contribution is 2.36. The van der Waals surface area contributed by atoms with E-state index in [0.29, 0.717) is 23.9 Å². The number of nitrogens with zero attached hydrogens (tertiary/aromatic N) is 3. The minimum atomic E-state index is 0.368. The Hall–Kier alpha value is -1.24. The lowest BCUT2D eigenvalue weighted by Gasteiger charge is -2.36. The van der Waals surface area contributed by atoms with E-state index in [1.54, 1.807) is 11.3 Å². The van der Waals surface area contributed by atoms with E-state index in [0.717, 1.165) is 30.8 Å². The summed E-state index contributed by atoms with van der Waals surface area (Å²) in [5.74, 6) is 1.42. The molecule has 2 saturated heterocycles. The summed E-state index contributed by atoms with van der Waals surface area (Å²) in [7, 11) is 0. The van der Waals surface area contributed by atoms with Gasteiger partial charge in [-0.05, 0) is 37.1 Å². The normalized spacial score (nSPS) is 29.9. The molecule has 2 aromatic heterocycles.